The number of fused-ring (bicyclic) bond motifs is 1. The maximum Gasteiger partial charge on any atom is 0.276 e. The summed E-state index contributed by atoms with van der Waals surface area (Å²) in [4.78, 5) is 27.3. The number of carbonyl (C=O) groups excluding carboxylic acids is 2. The van der Waals surface area contributed by atoms with Gasteiger partial charge in [-0.25, -0.2) is 9.02 Å². The van der Waals surface area contributed by atoms with Crippen molar-refractivity contribution < 1.29 is 23.3 Å². The van der Waals surface area contributed by atoms with Crippen LogP contribution in [0.15, 0.2) is 52.8 Å². The first-order chi connectivity index (χ1) is 19.1. The van der Waals surface area contributed by atoms with E-state index in [0.29, 0.717) is 52.7 Å². The highest BCUT2D eigenvalue weighted by Crippen LogP contribution is 2.61. The van der Waals surface area contributed by atoms with Crippen molar-refractivity contribution in [3.05, 3.63) is 76.5 Å². The molecule has 0 radical (unpaired) electrons. The van der Waals surface area contributed by atoms with E-state index in [2.05, 4.69) is 20.9 Å². The number of hydrogen-bond donors (Lipinski definition) is 4. The molecule has 5 rings (SSSR count). The first-order valence-corrected chi connectivity index (χ1v) is 13.1. The van der Waals surface area contributed by atoms with Crippen LogP contribution in [0, 0.1) is 16.6 Å². The maximum atomic E-state index is 14.5. The van der Waals surface area contributed by atoms with Crippen molar-refractivity contribution in [2.24, 2.45) is 11.1 Å². The van der Waals surface area contributed by atoms with E-state index in [9.17, 15) is 14.0 Å². The summed E-state index contributed by atoms with van der Waals surface area (Å²) in [6, 6.07) is 10.1. The van der Waals surface area contributed by atoms with Crippen molar-refractivity contribution in [2.45, 2.75) is 52.0 Å². The summed E-state index contributed by atoms with van der Waals surface area (Å²) < 4.78 is 25.2. The zero-order valence-electron chi connectivity index (χ0n) is 22.5. The number of carbonyl (C=O) groups is 2. The number of nitrogens with zero attached hydrogens (tertiary/aromatic N) is 2. The molecule has 2 aromatic carbocycles. The van der Waals surface area contributed by atoms with Gasteiger partial charge in [-0.3, -0.25) is 9.59 Å². The molecule has 1 aromatic heterocycles. The molecule has 5 N–H and O–H groups in total. The molecule has 40 heavy (non-hydrogen) atoms. The number of ether oxygens (including phenoxy) is 1. The number of hydrogen-bond acceptors (Lipinski definition) is 8. The first-order valence-electron chi connectivity index (χ1n) is 13.1. The second-order valence-electron chi connectivity index (χ2n) is 10.4. The highest BCUT2D eigenvalue weighted by molar-refractivity contribution is 6.21. The van der Waals surface area contributed by atoms with Crippen LogP contribution in [0.4, 0.5) is 10.1 Å². The van der Waals surface area contributed by atoms with E-state index in [1.807, 2.05) is 6.92 Å². The van der Waals surface area contributed by atoms with Gasteiger partial charge in [0.15, 0.2) is 5.69 Å². The molecular weight excluding hydrogens is 515 g/mol. The minimum atomic E-state index is -1.08. The Morgan fingerprint density at radius 1 is 1.18 bits per heavy atom. The maximum absolute atomic E-state index is 14.5. The minimum absolute atomic E-state index is 0.000454. The lowest BCUT2D eigenvalue weighted by atomic mass is 9.75. The summed E-state index contributed by atoms with van der Waals surface area (Å²) in [6.45, 7) is 5.55. The van der Waals surface area contributed by atoms with Gasteiger partial charge in [-0.2, -0.15) is 0 Å². The number of rotatable bonds is 8. The first kappa shape index (κ1) is 27.0. The monoisotopic (exact) mass is 546 g/mol. The molecule has 2 heterocycles. The SMILES string of the molecule is CCc1nonc1C(=O)N[C@H](C(=O)Nc1ccc(C(C(C)=N)=C(C)N)cc1)C1c2cc(F)ccc2OCC12CC2. The zero-order valence-corrected chi connectivity index (χ0v) is 22.5. The highest BCUT2D eigenvalue weighted by atomic mass is 19.1. The molecule has 10 nitrogen and oxygen atoms in total. The van der Waals surface area contributed by atoms with Crippen molar-refractivity contribution in [3.63, 3.8) is 0 Å². The van der Waals surface area contributed by atoms with E-state index in [-0.39, 0.29) is 5.69 Å². The fourth-order valence-corrected chi connectivity index (χ4v) is 5.48. The van der Waals surface area contributed by atoms with Gasteiger partial charge in [0.1, 0.15) is 23.3 Å². The highest BCUT2D eigenvalue weighted by Gasteiger charge is 2.58. The van der Waals surface area contributed by atoms with Gasteiger partial charge in [-0.1, -0.05) is 24.2 Å². The van der Waals surface area contributed by atoms with E-state index < -0.39 is 35.0 Å². The Hall–Kier alpha value is -4.54. The zero-order chi connectivity index (χ0) is 28.6. The summed E-state index contributed by atoms with van der Waals surface area (Å²) in [6.07, 6.45) is 1.95. The van der Waals surface area contributed by atoms with Crippen LogP contribution in [-0.2, 0) is 11.2 Å². The lowest BCUT2D eigenvalue weighted by Gasteiger charge is -2.38. The van der Waals surface area contributed by atoms with Crippen LogP contribution >= 0.6 is 0 Å². The Bertz CT molecular complexity index is 1500. The van der Waals surface area contributed by atoms with Gasteiger partial charge in [0, 0.05) is 39.6 Å². The molecule has 0 saturated heterocycles. The van der Waals surface area contributed by atoms with Crippen molar-refractivity contribution in [1.82, 2.24) is 15.6 Å². The third-order valence-electron chi connectivity index (χ3n) is 7.59. The smallest absolute Gasteiger partial charge is 0.276 e. The standard InChI is InChI=1S/C29H31FN6O4/c1-4-21-25(36-40-35-21)27(37)34-26(24-20-13-18(30)7-10-22(20)39-14-29(24)11-12-29)28(38)33-19-8-5-17(6-9-19)23(15(2)31)16(3)32/h5-10,13,24,26,31H,4,11-12,14,32H2,1-3H3,(H,33,38)(H,34,37)/t24?,26-/m0/s1. The van der Waals surface area contributed by atoms with Crippen LogP contribution in [0.1, 0.15) is 66.8 Å². The molecule has 2 atom stereocenters. The lowest BCUT2D eigenvalue weighted by molar-refractivity contribution is -0.119. The second kappa shape index (κ2) is 10.6. The topological polar surface area (TPSA) is 156 Å². The molecule has 1 aliphatic carbocycles. The van der Waals surface area contributed by atoms with Crippen LogP contribution in [0.25, 0.3) is 5.57 Å². The van der Waals surface area contributed by atoms with Crippen molar-refractivity contribution in [1.29, 1.82) is 5.41 Å². The van der Waals surface area contributed by atoms with E-state index in [1.54, 1.807) is 44.2 Å². The number of nitrogens with two attached hydrogens (primary N) is 1. The molecule has 2 amide bonds. The van der Waals surface area contributed by atoms with Gasteiger partial charge in [0.25, 0.3) is 5.91 Å². The predicted molar refractivity (Wildman–Crippen MR) is 146 cm³/mol. The molecule has 2 aliphatic rings. The number of benzene rings is 2. The summed E-state index contributed by atoms with van der Waals surface area (Å²) >= 11 is 0. The van der Waals surface area contributed by atoms with Gasteiger partial charge in [-0.15, -0.1) is 0 Å². The van der Waals surface area contributed by atoms with E-state index in [0.717, 1.165) is 18.4 Å². The van der Waals surface area contributed by atoms with Crippen LogP contribution in [0.5, 0.6) is 5.75 Å². The summed E-state index contributed by atoms with van der Waals surface area (Å²) in [5.74, 6) is -1.60. The largest absolute Gasteiger partial charge is 0.493 e. The van der Waals surface area contributed by atoms with Gasteiger partial charge in [-0.05, 0) is 74.2 Å². The van der Waals surface area contributed by atoms with E-state index in [1.165, 1.54) is 12.1 Å². The van der Waals surface area contributed by atoms with Gasteiger partial charge in [0.2, 0.25) is 5.91 Å². The third-order valence-corrected chi connectivity index (χ3v) is 7.59. The van der Waals surface area contributed by atoms with Gasteiger partial charge >= 0.3 is 0 Å². The van der Waals surface area contributed by atoms with E-state index >= 15 is 0 Å². The predicted octanol–water partition coefficient (Wildman–Crippen LogP) is 4.19. The number of aromatic nitrogens is 2. The number of allylic oxidation sites excluding steroid dienone is 2. The van der Waals surface area contributed by atoms with Gasteiger partial charge < -0.3 is 26.5 Å². The Labute approximate surface area is 230 Å². The third kappa shape index (κ3) is 5.06. The molecule has 1 spiro atoms. The second-order valence-corrected chi connectivity index (χ2v) is 10.4. The molecular formula is C29H31FN6O4. The molecule has 11 heteroatoms. The molecule has 3 aromatic rings. The fourth-order valence-electron chi connectivity index (χ4n) is 5.48. The molecule has 208 valence electrons. The summed E-state index contributed by atoms with van der Waals surface area (Å²) in [7, 11) is 0. The Morgan fingerprint density at radius 3 is 2.52 bits per heavy atom. The van der Waals surface area contributed by atoms with Crippen molar-refractivity contribution in [2.75, 3.05) is 11.9 Å². The summed E-state index contributed by atoms with van der Waals surface area (Å²) in [5.41, 5.74) is 9.14. The average Bonchev–Trinajstić information content (AvgIpc) is 3.51. The number of nitrogens with one attached hydrogen (secondary N) is 3. The van der Waals surface area contributed by atoms with E-state index in [4.69, 9.17) is 20.5 Å². The molecule has 1 aliphatic heterocycles. The van der Waals surface area contributed by atoms with Gasteiger partial charge in [0.05, 0.1) is 6.61 Å². The lowest BCUT2D eigenvalue weighted by Crippen LogP contribution is -2.52. The quantitative estimate of drug-likeness (QED) is 0.309. The van der Waals surface area contributed by atoms with Crippen LogP contribution < -0.4 is 21.1 Å². The number of anilines is 1. The molecule has 1 saturated carbocycles. The number of amides is 2. The molecule has 1 fully saturated rings. The van der Waals surface area contributed by atoms with Crippen molar-refractivity contribution in [3.8, 4) is 5.75 Å². The fraction of sp³-hybridized carbons (Fsp3) is 0.345. The molecule has 1 unspecified atom stereocenters. The Morgan fingerprint density at radius 2 is 1.90 bits per heavy atom. The Balaban J connectivity index is 1.50. The summed E-state index contributed by atoms with van der Waals surface area (Å²) in [5, 5.41) is 21.3. The van der Waals surface area contributed by atoms with Crippen LogP contribution in [0.2, 0.25) is 0 Å². The molecule has 0 bridgehead atoms. The van der Waals surface area contributed by atoms with Crippen molar-refractivity contribution >= 4 is 28.8 Å². The Kier molecular flexibility index (Phi) is 7.14. The number of halogens is 1. The number of aryl methyl sites for hydroxylation is 1. The van der Waals surface area contributed by atoms with Crippen LogP contribution in [-0.4, -0.2) is 40.5 Å². The minimum Gasteiger partial charge on any atom is -0.493 e. The van der Waals surface area contributed by atoms with Crippen LogP contribution in [0.3, 0.4) is 0 Å². The normalized spacial score (nSPS) is 18.1. The average molecular weight is 547 g/mol.